The number of carbonyl (C=O) groups excluding carboxylic acids is 2. The fourth-order valence-corrected chi connectivity index (χ4v) is 2.45. The molecule has 1 heterocycles. The zero-order valence-corrected chi connectivity index (χ0v) is 13.2. The number of unbranched alkanes of at least 4 members (excludes halogenated alkanes) is 1. The van der Waals surface area contributed by atoms with Gasteiger partial charge in [-0.05, 0) is 31.5 Å². The molecule has 0 spiro atoms. The zero-order chi connectivity index (χ0) is 16.3. The van der Waals surface area contributed by atoms with Crippen LogP contribution in [-0.2, 0) is 9.59 Å². The second-order valence-corrected chi connectivity index (χ2v) is 5.62. The fourth-order valence-electron chi connectivity index (χ4n) is 2.45. The van der Waals surface area contributed by atoms with Crippen LogP contribution in [0.1, 0.15) is 26.7 Å². The summed E-state index contributed by atoms with van der Waals surface area (Å²) in [4.78, 5) is 27.7. The van der Waals surface area contributed by atoms with Crippen LogP contribution in [0.4, 0.5) is 15.8 Å². The lowest BCUT2D eigenvalue weighted by atomic mass is 10.1. The van der Waals surface area contributed by atoms with Crippen LogP contribution in [0.3, 0.4) is 0 Å². The van der Waals surface area contributed by atoms with Gasteiger partial charge in [-0.3, -0.25) is 14.5 Å². The van der Waals surface area contributed by atoms with Crippen molar-refractivity contribution in [2.75, 3.05) is 30.4 Å². The third-order valence-electron chi connectivity index (χ3n) is 3.82. The van der Waals surface area contributed by atoms with E-state index in [-0.39, 0.29) is 24.2 Å². The molecule has 22 heavy (non-hydrogen) atoms. The Morgan fingerprint density at radius 1 is 1.45 bits per heavy atom. The first kappa shape index (κ1) is 16.3. The monoisotopic (exact) mass is 307 g/mol. The summed E-state index contributed by atoms with van der Waals surface area (Å²) in [6, 6.07) is 3.68. The molecule has 0 radical (unpaired) electrons. The van der Waals surface area contributed by atoms with Crippen molar-refractivity contribution in [1.82, 2.24) is 4.90 Å². The molecule has 5 nitrogen and oxygen atoms in total. The Balaban J connectivity index is 2.19. The molecule has 0 aromatic heterocycles. The molecule has 2 amide bonds. The van der Waals surface area contributed by atoms with Crippen LogP contribution in [0, 0.1) is 5.82 Å². The van der Waals surface area contributed by atoms with Gasteiger partial charge >= 0.3 is 0 Å². The molecule has 0 fully saturated rings. The van der Waals surface area contributed by atoms with Gasteiger partial charge in [0.25, 0.3) is 0 Å². The molecule has 1 aromatic carbocycles. The smallest absolute Gasteiger partial charge is 0.249 e. The Labute approximate surface area is 130 Å². The Kier molecular flexibility index (Phi) is 5.00. The van der Waals surface area contributed by atoms with E-state index in [1.54, 1.807) is 18.9 Å². The van der Waals surface area contributed by atoms with Crippen molar-refractivity contribution in [1.29, 1.82) is 0 Å². The fraction of sp³-hybridized carbons (Fsp3) is 0.500. The average molecular weight is 307 g/mol. The SMILES string of the molecule is CCCCN(C)C(=O)CN1C(=O)C(C)Nc2cc(F)ccc21. The van der Waals surface area contributed by atoms with Gasteiger partial charge in [-0.25, -0.2) is 4.39 Å². The van der Waals surface area contributed by atoms with Gasteiger partial charge in [-0.15, -0.1) is 0 Å². The van der Waals surface area contributed by atoms with Crippen molar-refractivity contribution in [2.45, 2.75) is 32.7 Å². The predicted molar refractivity (Wildman–Crippen MR) is 84.4 cm³/mol. The maximum atomic E-state index is 13.4. The summed E-state index contributed by atoms with van der Waals surface area (Å²) in [5.41, 5.74) is 1.08. The summed E-state index contributed by atoms with van der Waals surface area (Å²) in [6.45, 7) is 4.41. The van der Waals surface area contributed by atoms with E-state index in [4.69, 9.17) is 0 Å². The van der Waals surface area contributed by atoms with Crippen molar-refractivity contribution in [3.8, 4) is 0 Å². The van der Waals surface area contributed by atoms with Gasteiger partial charge in [0.15, 0.2) is 0 Å². The summed E-state index contributed by atoms with van der Waals surface area (Å²) in [5, 5.41) is 2.96. The van der Waals surface area contributed by atoms with E-state index in [1.807, 2.05) is 0 Å². The molecule has 1 aliphatic rings. The number of nitrogens with one attached hydrogen (secondary N) is 1. The number of nitrogens with zero attached hydrogens (tertiary/aromatic N) is 2. The average Bonchev–Trinajstić information content (AvgIpc) is 2.48. The number of benzene rings is 1. The molecule has 0 bridgehead atoms. The molecule has 1 unspecified atom stereocenters. The maximum absolute atomic E-state index is 13.4. The standard InChI is InChI=1S/C16H22FN3O2/c1-4-5-8-19(3)15(21)10-20-14-7-6-12(17)9-13(14)18-11(2)16(20)22/h6-7,9,11,18H,4-5,8,10H2,1-3H3. The topological polar surface area (TPSA) is 52.7 Å². The van der Waals surface area contributed by atoms with E-state index in [1.165, 1.54) is 23.1 Å². The Morgan fingerprint density at radius 3 is 2.86 bits per heavy atom. The highest BCUT2D eigenvalue weighted by Crippen LogP contribution is 2.32. The molecule has 0 aliphatic carbocycles. The molecule has 1 N–H and O–H groups in total. The van der Waals surface area contributed by atoms with Crippen molar-refractivity contribution < 1.29 is 14.0 Å². The lowest BCUT2D eigenvalue weighted by Gasteiger charge is -2.34. The quantitative estimate of drug-likeness (QED) is 0.907. The van der Waals surface area contributed by atoms with Crippen LogP contribution in [0.25, 0.3) is 0 Å². The molecule has 2 rings (SSSR count). The zero-order valence-electron chi connectivity index (χ0n) is 13.2. The van der Waals surface area contributed by atoms with E-state index >= 15 is 0 Å². The summed E-state index contributed by atoms with van der Waals surface area (Å²) >= 11 is 0. The molecule has 0 saturated carbocycles. The molecule has 1 aromatic rings. The Morgan fingerprint density at radius 2 is 2.18 bits per heavy atom. The molecular formula is C16H22FN3O2. The van der Waals surface area contributed by atoms with E-state index < -0.39 is 6.04 Å². The summed E-state index contributed by atoms with van der Waals surface area (Å²) in [5.74, 6) is -0.679. The number of carbonyl (C=O) groups is 2. The van der Waals surface area contributed by atoms with Gasteiger partial charge < -0.3 is 10.2 Å². The van der Waals surface area contributed by atoms with Gasteiger partial charge in [0.2, 0.25) is 11.8 Å². The summed E-state index contributed by atoms with van der Waals surface area (Å²) in [7, 11) is 1.74. The summed E-state index contributed by atoms with van der Waals surface area (Å²) < 4.78 is 13.4. The van der Waals surface area contributed by atoms with Crippen molar-refractivity contribution in [3.05, 3.63) is 24.0 Å². The number of rotatable bonds is 5. The lowest BCUT2D eigenvalue weighted by Crippen LogP contribution is -2.50. The first-order chi connectivity index (χ1) is 10.4. The minimum Gasteiger partial charge on any atom is -0.372 e. The van der Waals surface area contributed by atoms with E-state index in [9.17, 15) is 14.0 Å². The largest absolute Gasteiger partial charge is 0.372 e. The van der Waals surface area contributed by atoms with E-state index in [0.29, 0.717) is 17.9 Å². The van der Waals surface area contributed by atoms with Crippen LogP contribution in [0.5, 0.6) is 0 Å². The van der Waals surface area contributed by atoms with Gasteiger partial charge in [-0.1, -0.05) is 13.3 Å². The van der Waals surface area contributed by atoms with Gasteiger partial charge in [0, 0.05) is 13.6 Å². The van der Waals surface area contributed by atoms with Crippen molar-refractivity contribution >= 4 is 23.2 Å². The molecular weight excluding hydrogens is 285 g/mol. The number of fused-ring (bicyclic) bond motifs is 1. The molecule has 0 saturated heterocycles. The highest BCUT2D eigenvalue weighted by Gasteiger charge is 2.31. The number of amides is 2. The van der Waals surface area contributed by atoms with Gasteiger partial charge in [0.1, 0.15) is 18.4 Å². The van der Waals surface area contributed by atoms with Crippen LogP contribution in [-0.4, -0.2) is 42.9 Å². The third kappa shape index (κ3) is 3.37. The van der Waals surface area contributed by atoms with Gasteiger partial charge in [0.05, 0.1) is 11.4 Å². The molecule has 120 valence electrons. The second kappa shape index (κ2) is 6.77. The normalized spacial score (nSPS) is 17.0. The van der Waals surface area contributed by atoms with E-state index in [0.717, 1.165) is 12.8 Å². The first-order valence-corrected chi connectivity index (χ1v) is 7.55. The predicted octanol–water partition coefficient (Wildman–Crippen LogP) is 2.23. The van der Waals surface area contributed by atoms with Crippen molar-refractivity contribution in [2.24, 2.45) is 0 Å². The molecule has 6 heteroatoms. The highest BCUT2D eigenvalue weighted by atomic mass is 19.1. The maximum Gasteiger partial charge on any atom is 0.249 e. The first-order valence-electron chi connectivity index (χ1n) is 7.55. The van der Waals surface area contributed by atoms with Crippen molar-refractivity contribution in [3.63, 3.8) is 0 Å². The number of likely N-dealkylation sites (N-methyl/N-ethyl adjacent to an activating group) is 1. The molecule has 1 atom stereocenters. The third-order valence-corrected chi connectivity index (χ3v) is 3.82. The van der Waals surface area contributed by atoms with Crippen LogP contribution in [0.2, 0.25) is 0 Å². The number of hydrogen-bond acceptors (Lipinski definition) is 3. The minimum atomic E-state index is -0.483. The number of halogens is 1. The minimum absolute atomic E-state index is 0.0241. The highest BCUT2D eigenvalue weighted by molar-refractivity contribution is 6.07. The summed E-state index contributed by atoms with van der Waals surface area (Å²) in [6.07, 6.45) is 1.93. The number of anilines is 2. The Bertz CT molecular complexity index is 577. The van der Waals surface area contributed by atoms with Crippen LogP contribution in [0.15, 0.2) is 18.2 Å². The lowest BCUT2D eigenvalue weighted by molar-refractivity contribution is -0.130. The van der Waals surface area contributed by atoms with Gasteiger partial charge in [-0.2, -0.15) is 0 Å². The second-order valence-electron chi connectivity index (χ2n) is 5.62. The van der Waals surface area contributed by atoms with E-state index in [2.05, 4.69) is 12.2 Å². The number of hydrogen-bond donors (Lipinski definition) is 1. The molecule has 1 aliphatic heterocycles. The van der Waals surface area contributed by atoms with Crippen LogP contribution < -0.4 is 10.2 Å². The van der Waals surface area contributed by atoms with Crippen LogP contribution >= 0.6 is 0 Å². The Hall–Kier alpha value is -2.11.